The van der Waals surface area contributed by atoms with Gasteiger partial charge >= 0.3 is 0 Å². The SMILES string of the molecule is NC1C2CCCOC2C1NC(=O)c1ccc(Br)s1. The summed E-state index contributed by atoms with van der Waals surface area (Å²) in [6, 6.07) is 3.68. The van der Waals surface area contributed by atoms with Crippen molar-refractivity contribution < 1.29 is 9.53 Å². The van der Waals surface area contributed by atoms with Crippen molar-refractivity contribution in [1.82, 2.24) is 5.32 Å². The lowest BCUT2D eigenvalue weighted by Crippen LogP contribution is -2.72. The molecule has 1 amide bonds. The van der Waals surface area contributed by atoms with Gasteiger partial charge in [-0.1, -0.05) is 0 Å². The molecule has 6 heteroatoms. The molecular weight excluding hydrogens is 316 g/mol. The van der Waals surface area contributed by atoms with E-state index in [0.717, 1.165) is 23.2 Å². The number of halogens is 1. The van der Waals surface area contributed by atoms with Gasteiger partial charge in [-0.15, -0.1) is 11.3 Å². The second kappa shape index (κ2) is 4.92. The molecule has 0 spiro atoms. The van der Waals surface area contributed by atoms with Gasteiger partial charge < -0.3 is 15.8 Å². The number of hydrogen-bond acceptors (Lipinski definition) is 4. The van der Waals surface area contributed by atoms with Crippen LogP contribution in [-0.2, 0) is 4.74 Å². The Hall–Kier alpha value is -0.430. The minimum absolute atomic E-state index is 0.0302. The lowest BCUT2D eigenvalue weighted by molar-refractivity contribution is -0.117. The first-order valence-electron chi connectivity index (χ1n) is 6.10. The van der Waals surface area contributed by atoms with Crippen molar-refractivity contribution >= 4 is 33.2 Å². The Morgan fingerprint density at radius 2 is 2.39 bits per heavy atom. The van der Waals surface area contributed by atoms with Crippen molar-refractivity contribution in [3.63, 3.8) is 0 Å². The van der Waals surface area contributed by atoms with E-state index in [-0.39, 0.29) is 24.1 Å². The van der Waals surface area contributed by atoms with Crippen LogP contribution < -0.4 is 11.1 Å². The fraction of sp³-hybridized carbons (Fsp3) is 0.583. The van der Waals surface area contributed by atoms with Crippen LogP contribution in [0.2, 0.25) is 0 Å². The molecule has 0 bridgehead atoms. The van der Waals surface area contributed by atoms with E-state index >= 15 is 0 Å². The van der Waals surface area contributed by atoms with E-state index < -0.39 is 0 Å². The summed E-state index contributed by atoms with van der Waals surface area (Å²) in [5, 5.41) is 3.00. The van der Waals surface area contributed by atoms with Crippen LogP contribution in [0.5, 0.6) is 0 Å². The van der Waals surface area contributed by atoms with Gasteiger partial charge in [0.05, 0.1) is 20.8 Å². The van der Waals surface area contributed by atoms with E-state index in [9.17, 15) is 4.79 Å². The summed E-state index contributed by atoms with van der Waals surface area (Å²) in [6.07, 6.45) is 2.30. The number of fused-ring (bicyclic) bond motifs is 1. The molecule has 2 fully saturated rings. The van der Waals surface area contributed by atoms with E-state index in [1.54, 1.807) is 0 Å². The number of ether oxygens (including phenoxy) is 1. The smallest absolute Gasteiger partial charge is 0.261 e. The van der Waals surface area contributed by atoms with E-state index in [0.29, 0.717) is 10.8 Å². The highest BCUT2D eigenvalue weighted by atomic mass is 79.9. The number of carbonyl (C=O) groups excluding carboxylic acids is 1. The fourth-order valence-electron chi connectivity index (χ4n) is 2.78. The Morgan fingerprint density at radius 3 is 3.11 bits per heavy atom. The third-order valence-corrected chi connectivity index (χ3v) is 5.39. The zero-order chi connectivity index (χ0) is 12.7. The van der Waals surface area contributed by atoms with Gasteiger partial charge in [-0.2, -0.15) is 0 Å². The van der Waals surface area contributed by atoms with Crippen molar-refractivity contribution in [3.05, 3.63) is 20.8 Å². The van der Waals surface area contributed by atoms with Gasteiger partial charge in [-0.05, 0) is 40.9 Å². The molecule has 1 saturated heterocycles. The summed E-state index contributed by atoms with van der Waals surface area (Å²) >= 11 is 4.78. The summed E-state index contributed by atoms with van der Waals surface area (Å²) in [5.41, 5.74) is 6.11. The normalized spacial score (nSPS) is 34.6. The topological polar surface area (TPSA) is 64.3 Å². The van der Waals surface area contributed by atoms with Crippen LogP contribution in [0.15, 0.2) is 15.9 Å². The average molecular weight is 331 g/mol. The minimum Gasteiger partial charge on any atom is -0.376 e. The molecule has 4 nitrogen and oxygen atoms in total. The van der Waals surface area contributed by atoms with Gasteiger partial charge in [0.15, 0.2) is 0 Å². The minimum atomic E-state index is -0.0567. The molecule has 1 aliphatic heterocycles. The van der Waals surface area contributed by atoms with Crippen molar-refractivity contribution in [2.45, 2.75) is 31.0 Å². The molecule has 1 aliphatic carbocycles. The Bertz CT molecular complexity index is 465. The van der Waals surface area contributed by atoms with E-state index in [4.69, 9.17) is 10.5 Å². The highest BCUT2D eigenvalue weighted by Gasteiger charge is 2.51. The molecule has 3 rings (SSSR count). The molecule has 18 heavy (non-hydrogen) atoms. The monoisotopic (exact) mass is 330 g/mol. The Balaban J connectivity index is 1.64. The van der Waals surface area contributed by atoms with Gasteiger partial charge in [0, 0.05) is 18.6 Å². The Morgan fingerprint density at radius 1 is 1.56 bits per heavy atom. The molecule has 1 aromatic rings. The summed E-state index contributed by atoms with van der Waals surface area (Å²) in [5.74, 6) is 0.359. The summed E-state index contributed by atoms with van der Waals surface area (Å²) < 4.78 is 6.66. The molecule has 98 valence electrons. The second-order valence-corrected chi connectivity index (χ2v) is 7.28. The largest absolute Gasteiger partial charge is 0.376 e. The van der Waals surface area contributed by atoms with Crippen molar-refractivity contribution in [3.8, 4) is 0 Å². The van der Waals surface area contributed by atoms with Crippen LogP contribution in [0, 0.1) is 5.92 Å². The van der Waals surface area contributed by atoms with Crippen LogP contribution in [0.4, 0.5) is 0 Å². The third-order valence-electron chi connectivity index (χ3n) is 3.77. The van der Waals surface area contributed by atoms with Crippen LogP contribution in [0.25, 0.3) is 0 Å². The predicted molar refractivity (Wildman–Crippen MR) is 73.7 cm³/mol. The number of nitrogens with two attached hydrogens (primary N) is 1. The molecule has 2 aliphatic rings. The number of thiophene rings is 1. The van der Waals surface area contributed by atoms with Gasteiger partial charge in [0.2, 0.25) is 0 Å². The van der Waals surface area contributed by atoms with Crippen molar-refractivity contribution in [1.29, 1.82) is 0 Å². The lowest BCUT2D eigenvalue weighted by atomic mass is 9.68. The molecule has 0 radical (unpaired) electrons. The molecule has 2 heterocycles. The number of carbonyl (C=O) groups is 1. The first-order chi connectivity index (χ1) is 8.66. The molecule has 0 aromatic carbocycles. The van der Waals surface area contributed by atoms with Gasteiger partial charge in [0.25, 0.3) is 5.91 Å². The van der Waals surface area contributed by atoms with E-state index in [1.165, 1.54) is 11.3 Å². The molecular formula is C12H15BrN2O2S. The highest BCUT2D eigenvalue weighted by Crippen LogP contribution is 2.37. The standard InChI is InChI=1S/C12H15BrN2O2S/c13-8-4-3-7(18-8)12(16)15-10-9(14)6-2-1-5-17-11(6)10/h3-4,6,9-11H,1-2,5,14H2,(H,15,16). The maximum Gasteiger partial charge on any atom is 0.261 e. The van der Waals surface area contributed by atoms with E-state index in [1.807, 2.05) is 12.1 Å². The van der Waals surface area contributed by atoms with Crippen LogP contribution >= 0.6 is 27.3 Å². The van der Waals surface area contributed by atoms with Crippen LogP contribution in [0.3, 0.4) is 0 Å². The molecule has 1 saturated carbocycles. The van der Waals surface area contributed by atoms with Crippen molar-refractivity contribution in [2.75, 3.05) is 6.61 Å². The van der Waals surface area contributed by atoms with Crippen LogP contribution in [-0.4, -0.2) is 30.7 Å². The number of amides is 1. The number of nitrogens with one attached hydrogen (secondary N) is 1. The van der Waals surface area contributed by atoms with Crippen LogP contribution in [0.1, 0.15) is 22.5 Å². The van der Waals surface area contributed by atoms with Gasteiger partial charge in [-0.25, -0.2) is 0 Å². The Kier molecular flexibility index (Phi) is 3.44. The predicted octanol–water partition coefficient (Wildman–Crippen LogP) is 1.75. The quantitative estimate of drug-likeness (QED) is 0.868. The molecule has 1 aromatic heterocycles. The fourth-order valence-corrected chi connectivity index (χ4v) is 4.07. The number of hydrogen-bond donors (Lipinski definition) is 2. The maximum atomic E-state index is 12.0. The van der Waals surface area contributed by atoms with Gasteiger partial charge in [-0.3, -0.25) is 4.79 Å². The summed E-state index contributed by atoms with van der Waals surface area (Å²) in [4.78, 5) is 12.8. The zero-order valence-corrected chi connectivity index (χ0v) is 12.2. The lowest BCUT2D eigenvalue weighted by Gasteiger charge is -2.52. The third kappa shape index (κ3) is 2.11. The van der Waals surface area contributed by atoms with Crippen molar-refractivity contribution in [2.24, 2.45) is 11.7 Å². The number of rotatable bonds is 2. The van der Waals surface area contributed by atoms with E-state index in [2.05, 4.69) is 21.2 Å². The average Bonchev–Trinajstić information content (AvgIpc) is 2.82. The zero-order valence-electron chi connectivity index (χ0n) is 9.77. The van der Waals surface area contributed by atoms with Gasteiger partial charge in [0.1, 0.15) is 0 Å². The molecule has 3 N–H and O–H groups in total. The maximum absolute atomic E-state index is 12.0. The summed E-state index contributed by atoms with van der Waals surface area (Å²) in [7, 11) is 0. The molecule has 4 atom stereocenters. The molecule has 4 unspecified atom stereocenters. The summed E-state index contributed by atoms with van der Waals surface area (Å²) in [6.45, 7) is 0.783. The first-order valence-corrected chi connectivity index (χ1v) is 7.71. The Labute approximate surface area is 118 Å². The second-order valence-electron chi connectivity index (χ2n) is 4.82. The first kappa shape index (κ1) is 12.6. The highest BCUT2D eigenvalue weighted by molar-refractivity contribution is 9.11.